The number of hydrogen-bond donors (Lipinski definition) is 0. The fourth-order valence-corrected chi connectivity index (χ4v) is 3.28. The first-order valence-electron chi connectivity index (χ1n) is 3.67. The van der Waals surface area contributed by atoms with E-state index in [-0.39, 0.29) is 5.82 Å². The van der Waals surface area contributed by atoms with E-state index in [1.807, 2.05) is 0 Å². The minimum atomic E-state index is -0.233. The molecule has 0 saturated carbocycles. The van der Waals surface area contributed by atoms with Crippen molar-refractivity contribution in [2.75, 3.05) is 0 Å². The van der Waals surface area contributed by atoms with E-state index in [1.165, 1.54) is 29.2 Å². The maximum atomic E-state index is 13.2. The van der Waals surface area contributed by atoms with Gasteiger partial charge in [0.25, 0.3) is 0 Å². The maximum Gasteiger partial charge on any atom is 0.184 e. The molecule has 0 aliphatic heterocycles. The van der Waals surface area contributed by atoms with Crippen LogP contribution in [0.4, 0.5) is 4.39 Å². The van der Waals surface area contributed by atoms with Crippen LogP contribution in [0.1, 0.15) is 0 Å². The number of halogens is 2. The highest BCUT2D eigenvalue weighted by Gasteiger charge is 2.07. The minimum Gasteiger partial charge on any atom is -0.206 e. The van der Waals surface area contributed by atoms with Crippen LogP contribution in [0.25, 0.3) is 0 Å². The quantitative estimate of drug-likeness (QED) is 0.845. The van der Waals surface area contributed by atoms with Gasteiger partial charge in [-0.3, -0.25) is 0 Å². The van der Waals surface area contributed by atoms with Crippen molar-refractivity contribution in [2.45, 2.75) is 9.24 Å². The Morgan fingerprint density at radius 1 is 1.29 bits per heavy atom. The third kappa shape index (κ3) is 2.31. The first-order chi connectivity index (χ1) is 6.75. The van der Waals surface area contributed by atoms with Gasteiger partial charge in [-0.2, -0.15) is 0 Å². The van der Waals surface area contributed by atoms with E-state index in [0.717, 1.165) is 4.34 Å². The molecule has 0 unspecified atom stereocenters. The maximum absolute atomic E-state index is 13.2. The molecule has 0 spiro atoms. The van der Waals surface area contributed by atoms with Crippen LogP contribution in [-0.4, -0.2) is 10.2 Å². The van der Waals surface area contributed by atoms with Crippen LogP contribution in [0.2, 0.25) is 0 Å². The van der Waals surface area contributed by atoms with Crippen LogP contribution in [0.15, 0.2) is 37.4 Å². The van der Waals surface area contributed by atoms with E-state index in [0.29, 0.717) is 8.81 Å². The lowest BCUT2D eigenvalue weighted by molar-refractivity contribution is 0.602. The molecule has 0 N–H and O–H groups in total. The summed E-state index contributed by atoms with van der Waals surface area (Å²) in [7, 11) is 0. The molecule has 0 amide bonds. The molecule has 0 aliphatic rings. The Morgan fingerprint density at radius 3 is 2.71 bits per heavy atom. The lowest BCUT2D eigenvalue weighted by atomic mass is 10.4. The standard InChI is InChI=1S/C8H4BrFN2S2/c9-7-11-12-8(14-7)13-6-4-2-1-3-5(6)10/h1-4H. The van der Waals surface area contributed by atoms with Gasteiger partial charge in [0.05, 0.1) is 4.90 Å². The second-order valence-electron chi connectivity index (χ2n) is 2.35. The van der Waals surface area contributed by atoms with E-state index in [2.05, 4.69) is 26.1 Å². The summed E-state index contributed by atoms with van der Waals surface area (Å²) < 4.78 is 14.6. The lowest BCUT2D eigenvalue weighted by Crippen LogP contribution is -1.78. The molecular weight excluding hydrogens is 287 g/mol. The molecule has 2 aromatic rings. The molecule has 0 fully saturated rings. The highest BCUT2D eigenvalue weighted by atomic mass is 79.9. The summed E-state index contributed by atoms with van der Waals surface area (Å²) in [5, 5.41) is 7.65. The van der Waals surface area contributed by atoms with Crippen LogP contribution in [0, 0.1) is 5.82 Å². The van der Waals surface area contributed by atoms with Gasteiger partial charge in [-0.1, -0.05) is 35.2 Å². The number of hydrogen-bond acceptors (Lipinski definition) is 4. The van der Waals surface area contributed by atoms with Crippen molar-refractivity contribution < 1.29 is 4.39 Å². The molecule has 6 heteroatoms. The zero-order chi connectivity index (χ0) is 9.97. The van der Waals surface area contributed by atoms with Crippen molar-refractivity contribution in [1.29, 1.82) is 0 Å². The molecule has 14 heavy (non-hydrogen) atoms. The summed E-state index contributed by atoms with van der Waals surface area (Å²) >= 11 is 5.86. The normalized spacial score (nSPS) is 10.4. The summed E-state index contributed by atoms with van der Waals surface area (Å²) in [6.45, 7) is 0. The van der Waals surface area contributed by atoms with Gasteiger partial charge in [0.15, 0.2) is 8.26 Å². The molecule has 1 aromatic carbocycles. The van der Waals surface area contributed by atoms with E-state index >= 15 is 0 Å². The predicted octanol–water partition coefficient (Wildman–Crippen LogP) is 3.59. The predicted molar refractivity (Wildman–Crippen MR) is 58.1 cm³/mol. The largest absolute Gasteiger partial charge is 0.206 e. The topological polar surface area (TPSA) is 25.8 Å². The molecule has 0 radical (unpaired) electrons. The van der Waals surface area contributed by atoms with Gasteiger partial charge in [0.1, 0.15) is 5.82 Å². The first kappa shape index (κ1) is 10.1. The van der Waals surface area contributed by atoms with E-state index in [9.17, 15) is 4.39 Å². The molecule has 1 aromatic heterocycles. The highest BCUT2D eigenvalue weighted by Crippen LogP contribution is 2.32. The number of benzene rings is 1. The average molecular weight is 291 g/mol. The molecule has 2 rings (SSSR count). The Kier molecular flexibility index (Phi) is 3.15. The SMILES string of the molecule is Fc1ccccc1Sc1nnc(Br)s1. The molecule has 0 bridgehead atoms. The van der Waals surface area contributed by atoms with E-state index in [1.54, 1.807) is 18.2 Å². The van der Waals surface area contributed by atoms with Crippen molar-refractivity contribution >= 4 is 39.0 Å². The van der Waals surface area contributed by atoms with Crippen LogP contribution >= 0.6 is 39.0 Å². The zero-order valence-electron chi connectivity index (χ0n) is 6.78. The molecule has 0 saturated heterocycles. The molecular formula is C8H4BrFN2S2. The fourth-order valence-electron chi connectivity index (χ4n) is 0.856. The van der Waals surface area contributed by atoms with Gasteiger partial charge in [-0.05, 0) is 28.1 Å². The summed E-state index contributed by atoms with van der Waals surface area (Å²) in [4.78, 5) is 0.566. The van der Waals surface area contributed by atoms with Gasteiger partial charge in [-0.15, -0.1) is 10.2 Å². The molecule has 72 valence electrons. The molecule has 0 atom stereocenters. The molecule has 0 aliphatic carbocycles. The number of nitrogens with zero attached hydrogens (tertiary/aromatic N) is 2. The molecule has 2 nitrogen and oxygen atoms in total. The van der Waals surface area contributed by atoms with Gasteiger partial charge in [0.2, 0.25) is 0 Å². The van der Waals surface area contributed by atoms with Crippen LogP contribution in [-0.2, 0) is 0 Å². The Hall–Kier alpha value is -0.460. The van der Waals surface area contributed by atoms with Gasteiger partial charge in [-0.25, -0.2) is 4.39 Å². The van der Waals surface area contributed by atoms with Crippen LogP contribution in [0.3, 0.4) is 0 Å². The Labute approximate surface area is 96.7 Å². The van der Waals surface area contributed by atoms with Crippen molar-refractivity contribution in [3.63, 3.8) is 0 Å². The Bertz CT molecular complexity index is 446. The van der Waals surface area contributed by atoms with Crippen molar-refractivity contribution in [2.24, 2.45) is 0 Å². The fraction of sp³-hybridized carbons (Fsp3) is 0. The van der Waals surface area contributed by atoms with Crippen LogP contribution < -0.4 is 0 Å². The smallest absolute Gasteiger partial charge is 0.184 e. The third-order valence-electron chi connectivity index (χ3n) is 1.42. The summed E-state index contributed by atoms with van der Waals surface area (Å²) in [6.07, 6.45) is 0. The van der Waals surface area contributed by atoms with Gasteiger partial charge < -0.3 is 0 Å². The monoisotopic (exact) mass is 290 g/mol. The van der Waals surface area contributed by atoms with Crippen molar-refractivity contribution in [3.05, 3.63) is 34.0 Å². The van der Waals surface area contributed by atoms with Crippen molar-refractivity contribution in [3.8, 4) is 0 Å². The van der Waals surface area contributed by atoms with Crippen molar-refractivity contribution in [1.82, 2.24) is 10.2 Å². The summed E-state index contributed by atoms with van der Waals surface area (Å²) in [6, 6.07) is 6.60. The zero-order valence-corrected chi connectivity index (χ0v) is 10.00. The number of rotatable bonds is 2. The number of aromatic nitrogens is 2. The second kappa shape index (κ2) is 4.37. The Balaban J connectivity index is 2.23. The summed E-state index contributed by atoms with van der Waals surface area (Å²) in [5.74, 6) is -0.233. The minimum absolute atomic E-state index is 0.233. The van der Waals surface area contributed by atoms with Crippen LogP contribution in [0.5, 0.6) is 0 Å². The lowest BCUT2D eigenvalue weighted by Gasteiger charge is -1.97. The van der Waals surface area contributed by atoms with Gasteiger partial charge in [0, 0.05) is 0 Å². The van der Waals surface area contributed by atoms with Gasteiger partial charge >= 0.3 is 0 Å². The Morgan fingerprint density at radius 2 is 2.07 bits per heavy atom. The van der Waals surface area contributed by atoms with E-state index in [4.69, 9.17) is 0 Å². The first-order valence-corrected chi connectivity index (χ1v) is 6.10. The highest BCUT2D eigenvalue weighted by molar-refractivity contribution is 9.11. The molecule has 1 heterocycles. The third-order valence-corrected chi connectivity index (χ3v) is 3.87. The average Bonchev–Trinajstić information content (AvgIpc) is 2.56. The second-order valence-corrected chi connectivity index (χ2v) is 5.90. The summed E-state index contributed by atoms with van der Waals surface area (Å²) in [5.41, 5.74) is 0. The van der Waals surface area contributed by atoms with E-state index < -0.39 is 0 Å².